The molecule has 1 atom stereocenters. The Bertz CT molecular complexity index is 250. The van der Waals surface area contributed by atoms with Gasteiger partial charge in [0.25, 0.3) is 0 Å². The minimum absolute atomic E-state index is 0. The first-order valence-corrected chi connectivity index (χ1v) is 5.17. The maximum Gasteiger partial charge on any atom is 0.405 e. The first kappa shape index (κ1) is 16.5. The molecule has 8 heteroatoms. The van der Waals surface area contributed by atoms with Gasteiger partial charge in [-0.25, -0.2) is 0 Å². The number of alkyl halides is 3. The molecular weight excluding hydrogens is 259 g/mol. The van der Waals surface area contributed by atoms with E-state index in [1.807, 2.05) is 17.1 Å². The van der Waals surface area contributed by atoms with Gasteiger partial charge in [0.2, 0.25) is 5.91 Å². The van der Waals surface area contributed by atoms with Crippen LogP contribution in [0.3, 0.4) is 0 Å². The molecule has 1 saturated heterocycles. The molecule has 1 unspecified atom stereocenters. The fourth-order valence-electron chi connectivity index (χ4n) is 1.56. The SMILES string of the molecule is CC1CNCCN1CC(=O)NCC(F)(F)F.Cl. The first-order chi connectivity index (χ1) is 7.38. The zero-order chi connectivity index (χ0) is 12.2. The Morgan fingerprint density at radius 1 is 1.53 bits per heavy atom. The van der Waals surface area contributed by atoms with E-state index in [1.165, 1.54) is 0 Å². The molecule has 1 fully saturated rings. The lowest BCUT2D eigenvalue weighted by Crippen LogP contribution is -2.53. The van der Waals surface area contributed by atoms with Crippen molar-refractivity contribution >= 4 is 18.3 Å². The molecule has 0 aliphatic carbocycles. The van der Waals surface area contributed by atoms with Crippen LogP contribution in [0.1, 0.15) is 6.92 Å². The third-order valence-electron chi connectivity index (χ3n) is 2.47. The highest BCUT2D eigenvalue weighted by molar-refractivity contribution is 5.85. The molecule has 0 saturated carbocycles. The van der Waals surface area contributed by atoms with E-state index >= 15 is 0 Å². The van der Waals surface area contributed by atoms with Crippen LogP contribution in [0.25, 0.3) is 0 Å². The molecule has 0 radical (unpaired) electrons. The molecule has 1 aliphatic heterocycles. The predicted octanol–water partition coefficient (Wildman–Crippen LogP) is 0.380. The van der Waals surface area contributed by atoms with Gasteiger partial charge in [-0.3, -0.25) is 9.69 Å². The summed E-state index contributed by atoms with van der Waals surface area (Å²) in [5.41, 5.74) is 0. The van der Waals surface area contributed by atoms with Crippen molar-refractivity contribution in [3.05, 3.63) is 0 Å². The number of piperazine rings is 1. The largest absolute Gasteiger partial charge is 0.405 e. The summed E-state index contributed by atoms with van der Waals surface area (Å²) in [5.74, 6) is -0.578. The van der Waals surface area contributed by atoms with Crippen molar-refractivity contribution in [2.75, 3.05) is 32.7 Å². The summed E-state index contributed by atoms with van der Waals surface area (Å²) in [6, 6.07) is 0.172. The molecule has 17 heavy (non-hydrogen) atoms. The van der Waals surface area contributed by atoms with E-state index in [2.05, 4.69) is 5.32 Å². The van der Waals surface area contributed by atoms with Crippen molar-refractivity contribution in [2.24, 2.45) is 0 Å². The maximum atomic E-state index is 11.8. The van der Waals surface area contributed by atoms with Gasteiger partial charge in [0.1, 0.15) is 6.54 Å². The smallest absolute Gasteiger partial charge is 0.346 e. The van der Waals surface area contributed by atoms with E-state index in [0.717, 1.165) is 13.1 Å². The Morgan fingerprint density at radius 3 is 2.71 bits per heavy atom. The summed E-state index contributed by atoms with van der Waals surface area (Å²) in [7, 11) is 0. The Kier molecular flexibility index (Phi) is 6.81. The van der Waals surface area contributed by atoms with E-state index in [4.69, 9.17) is 0 Å². The number of nitrogens with one attached hydrogen (secondary N) is 2. The van der Waals surface area contributed by atoms with Gasteiger partial charge in [-0.15, -0.1) is 12.4 Å². The molecular formula is C9H17ClF3N3O. The molecule has 0 aromatic carbocycles. The highest BCUT2D eigenvalue weighted by Gasteiger charge is 2.28. The number of hydrogen-bond donors (Lipinski definition) is 2. The van der Waals surface area contributed by atoms with Crippen LogP contribution < -0.4 is 10.6 Å². The topological polar surface area (TPSA) is 44.4 Å². The number of hydrogen-bond acceptors (Lipinski definition) is 3. The van der Waals surface area contributed by atoms with Crippen LogP contribution in [0.4, 0.5) is 13.2 Å². The van der Waals surface area contributed by atoms with Gasteiger partial charge >= 0.3 is 6.18 Å². The van der Waals surface area contributed by atoms with E-state index in [-0.39, 0.29) is 25.0 Å². The third-order valence-corrected chi connectivity index (χ3v) is 2.47. The minimum atomic E-state index is -4.34. The number of nitrogens with zero attached hydrogens (tertiary/aromatic N) is 1. The summed E-state index contributed by atoms with van der Waals surface area (Å²) >= 11 is 0. The van der Waals surface area contributed by atoms with Gasteiger partial charge in [0, 0.05) is 25.7 Å². The monoisotopic (exact) mass is 275 g/mol. The van der Waals surface area contributed by atoms with Gasteiger partial charge in [-0.05, 0) is 6.92 Å². The van der Waals surface area contributed by atoms with Crippen LogP contribution in [0.15, 0.2) is 0 Å². The van der Waals surface area contributed by atoms with E-state index in [9.17, 15) is 18.0 Å². The van der Waals surface area contributed by atoms with Crippen molar-refractivity contribution < 1.29 is 18.0 Å². The van der Waals surface area contributed by atoms with Crippen LogP contribution in [0, 0.1) is 0 Å². The van der Waals surface area contributed by atoms with E-state index < -0.39 is 18.6 Å². The quantitative estimate of drug-likeness (QED) is 0.783. The average molecular weight is 276 g/mol. The van der Waals surface area contributed by atoms with E-state index in [0.29, 0.717) is 6.54 Å². The van der Waals surface area contributed by atoms with Gasteiger partial charge in [0.15, 0.2) is 0 Å². The van der Waals surface area contributed by atoms with Crippen molar-refractivity contribution in [1.82, 2.24) is 15.5 Å². The normalized spacial score (nSPS) is 21.8. The van der Waals surface area contributed by atoms with Crippen molar-refractivity contribution in [3.63, 3.8) is 0 Å². The molecule has 0 aromatic heterocycles. The van der Waals surface area contributed by atoms with Crippen LogP contribution in [-0.2, 0) is 4.79 Å². The zero-order valence-electron chi connectivity index (χ0n) is 9.51. The second kappa shape index (κ2) is 7.03. The van der Waals surface area contributed by atoms with Crippen LogP contribution in [0.2, 0.25) is 0 Å². The predicted molar refractivity (Wildman–Crippen MR) is 60.2 cm³/mol. The number of amides is 1. The van der Waals surface area contributed by atoms with Gasteiger partial charge in [-0.2, -0.15) is 13.2 Å². The van der Waals surface area contributed by atoms with Crippen LogP contribution in [0.5, 0.6) is 0 Å². The molecule has 1 heterocycles. The fourth-order valence-corrected chi connectivity index (χ4v) is 1.56. The lowest BCUT2D eigenvalue weighted by atomic mass is 10.2. The Hall–Kier alpha value is -0.530. The molecule has 102 valence electrons. The Balaban J connectivity index is 0.00000256. The second-order valence-electron chi connectivity index (χ2n) is 3.92. The Morgan fingerprint density at radius 2 is 2.18 bits per heavy atom. The summed E-state index contributed by atoms with van der Waals surface area (Å²) in [5, 5.41) is 5.01. The number of halogens is 4. The van der Waals surface area contributed by atoms with E-state index in [1.54, 1.807) is 0 Å². The second-order valence-corrected chi connectivity index (χ2v) is 3.92. The molecule has 0 spiro atoms. The highest BCUT2D eigenvalue weighted by Crippen LogP contribution is 2.12. The van der Waals surface area contributed by atoms with Crippen molar-refractivity contribution in [1.29, 1.82) is 0 Å². The molecule has 2 N–H and O–H groups in total. The molecule has 4 nitrogen and oxygen atoms in total. The summed E-state index contributed by atoms with van der Waals surface area (Å²) in [6.07, 6.45) is -4.34. The molecule has 0 bridgehead atoms. The van der Waals surface area contributed by atoms with Crippen LogP contribution in [-0.4, -0.2) is 55.7 Å². The average Bonchev–Trinajstić information content (AvgIpc) is 2.18. The summed E-state index contributed by atoms with van der Waals surface area (Å²) in [6.45, 7) is 2.90. The zero-order valence-corrected chi connectivity index (χ0v) is 10.3. The maximum absolute atomic E-state index is 11.8. The molecule has 1 rings (SSSR count). The number of carbonyl (C=O) groups is 1. The molecule has 1 aliphatic rings. The lowest BCUT2D eigenvalue weighted by molar-refractivity contribution is -0.139. The Labute approximate surface area is 104 Å². The highest BCUT2D eigenvalue weighted by atomic mass is 35.5. The summed E-state index contributed by atoms with van der Waals surface area (Å²) < 4.78 is 35.5. The number of carbonyl (C=O) groups excluding carboxylic acids is 1. The van der Waals surface area contributed by atoms with Crippen molar-refractivity contribution in [2.45, 2.75) is 19.1 Å². The van der Waals surface area contributed by atoms with Gasteiger partial charge in [-0.1, -0.05) is 0 Å². The summed E-state index contributed by atoms with van der Waals surface area (Å²) in [4.78, 5) is 13.1. The number of rotatable bonds is 3. The van der Waals surface area contributed by atoms with Crippen LogP contribution >= 0.6 is 12.4 Å². The van der Waals surface area contributed by atoms with Gasteiger partial charge < -0.3 is 10.6 Å². The fraction of sp³-hybridized carbons (Fsp3) is 0.889. The molecule has 1 amide bonds. The first-order valence-electron chi connectivity index (χ1n) is 5.17. The standard InChI is InChI=1S/C9H16F3N3O.ClH/c1-7-4-13-2-3-15(7)5-8(16)14-6-9(10,11)12;/h7,13H,2-6H2,1H3,(H,14,16);1H. The molecule has 0 aromatic rings. The van der Waals surface area contributed by atoms with Crippen molar-refractivity contribution in [3.8, 4) is 0 Å². The third kappa shape index (κ3) is 6.70. The lowest BCUT2D eigenvalue weighted by Gasteiger charge is -2.33. The minimum Gasteiger partial charge on any atom is -0.346 e. The van der Waals surface area contributed by atoms with Gasteiger partial charge in [0.05, 0.1) is 6.54 Å².